The van der Waals surface area contributed by atoms with Gasteiger partial charge in [0, 0.05) is 6.54 Å². The van der Waals surface area contributed by atoms with Gasteiger partial charge in [0.25, 0.3) is 6.43 Å². The maximum Gasteiger partial charge on any atom is 0.267 e. The summed E-state index contributed by atoms with van der Waals surface area (Å²) in [6, 6.07) is 1.14. The second kappa shape index (κ2) is 4.14. The minimum atomic E-state index is -2.71. The van der Waals surface area contributed by atoms with Crippen LogP contribution < -0.4 is 5.73 Å². The molecule has 0 amide bonds. The first-order valence-corrected chi connectivity index (χ1v) is 4.50. The fraction of sp³-hybridized carbons (Fsp3) is 0.286. The number of rotatable bonds is 2. The number of aromatic hydroxyl groups is 1. The van der Waals surface area contributed by atoms with Gasteiger partial charge in [-0.1, -0.05) is 0 Å². The molecule has 3 N–H and O–H groups in total. The van der Waals surface area contributed by atoms with Crippen molar-refractivity contribution in [3.8, 4) is 5.75 Å². The first-order valence-electron chi connectivity index (χ1n) is 3.42. The Morgan fingerprint density at radius 2 is 2.23 bits per heavy atom. The van der Waals surface area contributed by atoms with E-state index in [0.717, 1.165) is 6.07 Å². The molecule has 0 unspecified atom stereocenters. The van der Waals surface area contributed by atoms with Crippen LogP contribution in [0.5, 0.6) is 5.75 Å². The molecule has 0 aliphatic rings. The Kier molecular flexibility index (Phi) is 3.37. The Balaban J connectivity index is 3.27. The molecule has 0 aromatic carbocycles. The highest BCUT2D eigenvalue weighted by molar-refractivity contribution is 14.1. The van der Waals surface area contributed by atoms with E-state index >= 15 is 0 Å². The minimum Gasteiger partial charge on any atom is -0.505 e. The van der Waals surface area contributed by atoms with Crippen molar-refractivity contribution in [3.63, 3.8) is 0 Å². The lowest BCUT2D eigenvalue weighted by Gasteiger charge is -2.07. The van der Waals surface area contributed by atoms with Gasteiger partial charge >= 0.3 is 0 Å². The molecule has 13 heavy (non-hydrogen) atoms. The molecular weight excluding hydrogens is 293 g/mol. The minimum absolute atomic E-state index is 0.0532. The van der Waals surface area contributed by atoms with Crippen molar-refractivity contribution < 1.29 is 13.9 Å². The number of halogens is 3. The molecule has 0 atom stereocenters. The average Bonchev–Trinajstić information content (AvgIpc) is 2.08. The molecule has 0 fully saturated rings. The van der Waals surface area contributed by atoms with Crippen LogP contribution in [0.25, 0.3) is 0 Å². The third kappa shape index (κ3) is 2.25. The van der Waals surface area contributed by atoms with E-state index in [-0.39, 0.29) is 12.2 Å². The number of aromatic nitrogens is 1. The van der Waals surface area contributed by atoms with Gasteiger partial charge in [-0.25, -0.2) is 13.8 Å². The fourth-order valence-electron chi connectivity index (χ4n) is 0.886. The highest BCUT2D eigenvalue weighted by atomic mass is 127. The van der Waals surface area contributed by atoms with Crippen LogP contribution in [0, 0.1) is 3.70 Å². The van der Waals surface area contributed by atoms with Crippen LogP contribution in [-0.2, 0) is 6.54 Å². The summed E-state index contributed by atoms with van der Waals surface area (Å²) < 4.78 is 25.0. The highest BCUT2D eigenvalue weighted by Crippen LogP contribution is 2.30. The zero-order valence-corrected chi connectivity index (χ0v) is 8.62. The predicted molar refractivity (Wildman–Crippen MR) is 51.5 cm³/mol. The normalized spacial score (nSPS) is 10.8. The van der Waals surface area contributed by atoms with E-state index in [2.05, 4.69) is 4.98 Å². The number of alkyl halides is 2. The second-order valence-corrected chi connectivity index (χ2v) is 3.44. The molecule has 0 aliphatic carbocycles. The van der Waals surface area contributed by atoms with Gasteiger partial charge in [-0.05, 0) is 28.7 Å². The summed E-state index contributed by atoms with van der Waals surface area (Å²) in [6.07, 6.45) is -2.71. The third-order valence-corrected chi connectivity index (χ3v) is 2.04. The van der Waals surface area contributed by atoms with E-state index in [1.165, 1.54) is 0 Å². The smallest absolute Gasteiger partial charge is 0.267 e. The van der Waals surface area contributed by atoms with Crippen LogP contribution in [0.15, 0.2) is 6.07 Å². The van der Waals surface area contributed by atoms with Crippen molar-refractivity contribution in [2.24, 2.45) is 5.73 Å². The fourth-order valence-corrected chi connectivity index (χ4v) is 1.51. The van der Waals surface area contributed by atoms with Crippen LogP contribution in [0.2, 0.25) is 0 Å². The molecule has 1 aromatic rings. The van der Waals surface area contributed by atoms with Crippen molar-refractivity contribution in [3.05, 3.63) is 21.0 Å². The lowest BCUT2D eigenvalue weighted by molar-refractivity contribution is 0.147. The summed E-state index contributed by atoms with van der Waals surface area (Å²) in [4.78, 5) is 3.81. The van der Waals surface area contributed by atoms with E-state index in [1.807, 2.05) is 0 Å². The number of pyridine rings is 1. The number of hydrogen-bond donors (Lipinski definition) is 2. The number of hydrogen-bond acceptors (Lipinski definition) is 3. The summed E-state index contributed by atoms with van der Waals surface area (Å²) in [5.41, 5.74) is 4.90. The van der Waals surface area contributed by atoms with E-state index < -0.39 is 17.7 Å². The average molecular weight is 300 g/mol. The number of nitrogens with zero attached hydrogens (tertiary/aromatic N) is 1. The van der Waals surface area contributed by atoms with Crippen LogP contribution in [0.4, 0.5) is 8.78 Å². The maximum absolute atomic E-state index is 12.3. The summed E-state index contributed by atoms with van der Waals surface area (Å²) in [7, 11) is 0. The Bertz CT molecular complexity index is 320. The van der Waals surface area contributed by atoms with Crippen molar-refractivity contribution in [2.45, 2.75) is 13.0 Å². The van der Waals surface area contributed by atoms with Gasteiger partial charge in [-0.15, -0.1) is 0 Å². The molecular formula is C7H7F2IN2O. The summed E-state index contributed by atoms with van der Waals surface area (Å²) in [6.45, 7) is -0.0532. The van der Waals surface area contributed by atoms with Crippen LogP contribution in [-0.4, -0.2) is 10.1 Å². The molecule has 0 saturated heterocycles. The largest absolute Gasteiger partial charge is 0.505 e. The van der Waals surface area contributed by atoms with Crippen LogP contribution in [0.3, 0.4) is 0 Å². The third-order valence-electron chi connectivity index (χ3n) is 1.49. The Hall–Kier alpha value is -0.500. The van der Waals surface area contributed by atoms with Crippen molar-refractivity contribution >= 4 is 22.6 Å². The standard InChI is InChI=1S/C7H7F2IN2O/c8-7(9)3-1-5(10)12-4(2-11)6(3)13/h1,7,13H,2,11H2. The molecule has 1 aromatic heterocycles. The van der Waals surface area contributed by atoms with E-state index in [1.54, 1.807) is 22.6 Å². The molecule has 0 saturated carbocycles. The van der Waals surface area contributed by atoms with Gasteiger partial charge in [-0.3, -0.25) is 0 Å². The zero-order chi connectivity index (χ0) is 10.0. The van der Waals surface area contributed by atoms with Gasteiger partial charge in [0.1, 0.15) is 9.45 Å². The monoisotopic (exact) mass is 300 g/mol. The van der Waals surface area contributed by atoms with Crippen LogP contribution in [0.1, 0.15) is 17.7 Å². The van der Waals surface area contributed by atoms with Crippen LogP contribution >= 0.6 is 22.6 Å². The van der Waals surface area contributed by atoms with Gasteiger partial charge < -0.3 is 10.8 Å². The molecule has 0 spiro atoms. The Morgan fingerprint density at radius 1 is 1.62 bits per heavy atom. The molecule has 6 heteroatoms. The van der Waals surface area contributed by atoms with Gasteiger partial charge in [0.05, 0.1) is 11.3 Å². The Morgan fingerprint density at radius 3 is 2.69 bits per heavy atom. The predicted octanol–water partition coefficient (Wildman–Crippen LogP) is 1.79. The second-order valence-electron chi connectivity index (χ2n) is 2.33. The molecule has 72 valence electrons. The number of nitrogens with two attached hydrogens (primary N) is 1. The topological polar surface area (TPSA) is 59.1 Å². The van der Waals surface area contributed by atoms with Gasteiger partial charge in [0.15, 0.2) is 0 Å². The lowest BCUT2D eigenvalue weighted by Crippen LogP contribution is -2.03. The van der Waals surface area contributed by atoms with Gasteiger partial charge in [0.2, 0.25) is 0 Å². The molecule has 0 bridgehead atoms. The maximum atomic E-state index is 12.3. The quantitative estimate of drug-likeness (QED) is 0.646. The first kappa shape index (κ1) is 10.6. The molecule has 0 aliphatic heterocycles. The first-order chi connectivity index (χ1) is 6.06. The SMILES string of the molecule is NCc1nc(I)cc(C(F)F)c1O. The molecule has 1 rings (SSSR count). The zero-order valence-electron chi connectivity index (χ0n) is 6.47. The Labute approximate surface area is 87.1 Å². The van der Waals surface area contributed by atoms with Gasteiger partial charge in [-0.2, -0.15) is 0 Å². The van der Waals surface area contributed by atoms with Crippen molar-refractivity contribution in [1.82, 2.24) is 4.98 Å². The van der Waals surface area contributed by atoms with Crippen molar-refractivity contribution in [2.75, 3.05) is 0 Å². The molecule has 0 radical (unpaired) electrons. The lowest BCUT2D eigenvalue weighted by atomic mass is 10.2. The molecule has 1 heterocycles. The molecule has 3 nitrogen and oxygen atoms in total. The summed E-state index contributed by atoms with van der Waals surface area (Å²) >= 11 is 1.79. The van der Waals surface area contributed by atoms with E-state index in [9.17, 15) is 13.9 Å². The summed E-state index contributed by atoms with van der Waals surface area (Å²) in [5.74, 6) is -0.502. The van der Waals surface area contributed by atoms with Crippen molar-refractivity contribution in [1.29, 1.82) is 0 Å². The van der Waals surface area contributed by atoms with E-state index in [4.69, 9.17) is 5.73 Å². The summed E-state index contributed by atoms with van der Waals surface area (Å²) in [5, 5.41) is 9.26. The highest BCUT2D eigenvalue weighted by Gasteiger charge is 2.17. The van der Waals surface area contributed by atoms with E-state index in [0.29, 0.717) is 3.70 Å².